The molecule has 0 saturated carbocycles. The second-order valence-corrected chi connectivity index (χ2v) is 6.47. The van der Waals surface area contributed by atoms with E-state index in [1.165, 1.54) is 16.7 Å². The van der Waals surface area contributed by atoms with Crippen LogP contribution in [0.5, 0.6) is 0 Å². The van der Waals surface area contributed by atoms with Gasteiger partial charge in [0.05, 0.1) is 5.69 Å². The Morgan fingerprint density at radius 1 is 1.32 bits per heavy atom. The van der Waals surface area contributed by atoms with Crippen LogP contribution in [0.1, 0.15) is 18.4 Å². The number of piperidine rings is 1. The summed E-state index contributed by atoms with van der Waals surface area (Å²) in [6.45, 7) is 3.17. The number of hydrogen-bond donors (Lipinski definition) is 1. The molecule has 1 aliphatic heterocycles. The van der Waals surface area contributed by atoms with Gasteiger partial charge in [0, 0.05) is 31.4 Å². The van der Waals surface area contributed by atoms with Crippen molar-refractivity contribution in [3.63, 3.8) is 0 Å². The molecule has 1 aliphatic rings. The number of nitrogens with zero attached hydrogens (tertiary/aromatic N) is 2. The smallest absolute Gasteiger partial charge is 0.251 e. The third-order valence-electron chi connectivity index (χ3n) is 4.45. The summed E-state index contributed by atoms with van der Waals surface area (Å²) in [6.07, 6.45) is 3.35. The Morgan fingerprint density at radius 3 is 2.88 bits per heavy atom. The van der Waals surface area contributed by atoms with Gasteiger partial charge in [-0.15, -0.1) is 0 Å². The maximum absolute atomic E-state index is 14.0. The van der Waals surface area contributed by atoms with Crippen molar-refractivity contribution in [3.05, 3.63) is 64.3 Å². The number of aryl methyl sites for hydroxylation is 1. The Balaban J connectivity index is 1.61. The molecule has 1 N–H and O–H groups in total. The Hall–Kier alpha value is -2.63. The van der Waals surface area contributed by atoms with E-state index in [2.05, 4.69) is 5.32 Å². The van der Waals surface area contributed by atoms with Crippen LogP contribution in [0, 0.1) is 12.7 Å². The van der Waals surface area contributed by atoms with Gasteiger partial charge in [0.15, 0.2) is 0 Å². The van der Waals surface area contributed by atoms with E-state index in [1.807, 2.05) is 17.9 Å². The predicted octanol–water partition coefficient (Wildman–Crippen LogP) is 2.08. The summed E-state index contributed by atoms with van der Waals surface area (Å²) >= 11 is 0. The molecule has 1 saturated heterocycles. The highest BCUT2D eigenvalue weighted by atomic mass is 19.1. The lowest BCUT2D eigenvalue weighted by atomic mass is 10.0. The fourth-order valence-electron chi connectivity index (χ4n) is 3.19. The van der Waals surface area contributed by atoms with Crippen molar-refractivity contribution < 1.29 is 9.18 Å². The SMILES string of the molecule is Cc1ccn(CC(=O)N[C@@H]2CCCN(c3ccccc3F)C2)c(=O)c1. The highest BCUT2D eigenvalue weighted by molar-refractivity contribution is 5.76. The molecule has 0 aliphatic carbocycles. The van der Waals surface area contributed by atoms with Gasteiger partial charge in [-0.1, -0.05) is 12.1 Å². The van der Waals surface area contributed by atoms with Crippen molar-refractivity contribution >= 4 is 11.6 Å². The van der Waals surface area contributed by atoms with Crippen LogP contribution in [0.3, 0.4) is 0 Å². The van der Waals surface area contributed by atoms with Gasteiger partial charge in [0.2, 0.25) is 5.91 Å². The van der Waals surface area contributed by atoms with Gasteiger partial charge >= 0.3 is 0 Å². The molecular formula is C19H22FN3O2. The molecule has 0 bridgehead atoms. The third-order valence-corrected chi connectivity index (χ3v) is 4.45. The van der Waals surface area contributed by atoms with Gasteiger partial charge in [-0.05, 0) is 43.5 Å². The van der Waals surface area contributed by atoms with Crippen LogP contribution in [0.25, 0.3) is 0 Å². The van der Waals surface area contributed by atoms with E-state index >= 15 is 0 Å². The van der Waals surface area contributed by atoms with E-state index in [1.54, 1.807) is 24.4 Å². The number of rotatable bonds is 4. The Labute approximate surface area is 146 Å². The largest absolute Gasteiger partial charge is 0.367 e. The number of nitrogens with one attached hydrogen (secondary N) is 1. The Bertz CT molecular complexity index is 818. The van der Waals surface area contributed by atoms with Gasteiger partial charge < -0.3 is 14.8 Å². The number of anilines is 1. The Morgan fingerprint density at radius 2 is 2.12 bits per heavy atom. The molecule has 0 radical (unpaired) electrons. The first-order chi connectivity index (χ1) is 12.0. The van der Waals surface area contributed by atoms with Gasteiger partial charge in [0.1, 0.15) is 12.4 Å². The van der Waals surface area contributed by atoms with Crippen LogP contribution in [0.15, 0.2) is 47.4 Å². The first-order valence-corrected chi connectivity index (χ1v) is 8.49. The van der Waals surface area contributed by atoms with E-state index in [-0.39, 0.29) is 29.9 Å². The number of benzene rings is 1. The van der Waals surface area contributed by atoms with Crippen molar-refractivity contribution in [2.45, 2.75) is 32.4 Å². The molecule has 1 aromatic heterocycles. The van der Waals surface area contributed by atoms with Crippen LogP contribution >= 0.6 is 0 Å². The van der Waals surface area contributed by atoms with E-state index in [4.69, 9.17) is 0 Å². The summed E-state index contributed by atoms with van der Waals surface area (Å²) in [5.41, 5.74) is 1.25. The summed E-state index contributed by atoms with van der Waals surface area (Å²) in [5.74, 6) is -0.452. The number of pyridine rings is 1. The summed E-state index contributed by atoms with van der Waals surface area (Å²) in [7, 11) is 0. The quantitative estimate of drug-likeness (QED) is 0.925. The molecule has 25 heavy (non-hydrogen) atoms. The average molecular weight is 343 g/mol. The standard InChI is InChI=1S/C19H22FN3O2/c1-14-8-10-23(19(25)11-14)13-18(24)21-15-5-4-9-22(12-15)17-7-3-2-6-16(17)20/h2-3,6-8,10-11,15H,4-5,9,12-13H2,1H3,(H,21,24)/t15-/m1/s1. The number of para-hydroxylation sites is 1. The minimum atomic E-state index is -0.249. The molecule has 132 valence electrons. The average Bonchev–Trinajstić information content (AvgIpc) is 2.58. The molecule has 1 aromatic carbocycles. The van der Waals surface area contributed by atoms with Crippen LogP contribution in [0.4, 0.5) is 10.1 Å². The number of hydrogen-bond acceptors (Lipinski definition) is 3. The molecule has 0 unspecified atom stereocenters. The topological polar surface area (TPSA) is 54.3 Å². The minimum absolute atomic E-state index is 0.00465. The van der Waals surface area contributed by atoms with Crippen molar-refractivity contribution in [1.82, 2.24) is 9.88 Å². The summed E-state index contributed by atoms with van der Waals surface area (Å²) in [4.78, 5) is 26.1. The Kier molecular flexibility index (Phi) is 5.16. The molecule has 5 nitrogen and oxygen atoms in total. The molecule has 2 heterocycles. The summed E-state index contributed by atoms with van der Waals surface area (Å²) < 4.78 is 15.3. The van der Waals surface area contributed by atoms with E-state index in [9.17, 15) is 14.0 Å². The van der Waals surface area contributed by atoms with Crippen molar-refractivity contribution in [2.24, 2.45) is 0 Å². The highest BCUT2D eigenvalue weighted by Crippen LogP contribution is 2.22. The lowest BCUT2D eigenvalue weighted by molar-refractivity contribution is -0.122. The van der Waals surface area contributed by atoms with Gasteiger partial charge in [0.25, 0.3) is 5.56 Å². The maximum atomic E-state index is 14.0. The maximum Gasteiger partial charge on any atom is 0.251 e. The van der Waals surface area contributed by atoms with Crippen LogP contribution in [-0.2, 0) is 11.3 Å². The van der Waals surface area contributed by atoms with E-state index < -0.39 is 0 Å². The lowest BCUT2D eigenvalue weighted by Gasteiger charge is -2.35. The van der Waals surface area contributed by atoms with Crippen molar-refractivity contribution in [2.75, 3.05) is 18.0 Å². The fraction of sp³-hybridized carbons (Fsp3) is 0.368. The number of aromatic nitrogens is 1. The van der Waals surface area contributed by atoms with Gasteiger partial charge in [-0.2, -0.15) is 0 Å². The number of amides is 1. The van der Waals surface area contributed by atoms with Crippen molar-refractivity contribution in [3.8, 4) is 0 Å². The fourth-order valence-corrected chi connectivity index (χ4v) is 3.19. The van der Waals surface area contributed by atoms with Crippen LogP contribution in [-0.4, -0.2) is 29.6 Å². The minimum Gasteiger partial charge on any atom is -0.367 e. The molecule has 2 aromatic rings. The zero-order valence-corrected chi connectivity index (χ0v) is 14.2. The highest BCUT2D eigenvalue weighted by Gasteiger charge is 2.23. The zero-order chi connectivity index (χ0) is 17.8. The molecule has 1 amide bonds. The molecule has 6 heteroatoms. The van der Waals surface area contributed by atoms with Crippen molar-refractivity contribution in [1.29, 1.82) is 0 Å². The van der Waals surface area contributed by atoms with Crippen LogP contribution in [0.2, 0.25) is 0 Å². The monoisotopic (exact) mass is 343 g/mol. The summed E-state index contributed by atoms with van der Waals surface area (Å²) in [5, 5.41) is 2.97. The number of halogens is 1. The second-order valence-electron chi connectivity index (χ2n) is 6.47. The van der Waals surface area contributed by atoms with E-state index in [0.717, 1.165) is 24.9 Å². The zero-order valence-electron chi connectivity index (χ0n) is 14.2. The van der Waals surface area contributed by atoms with E-state index in [0.29, 0.717) is 12.2 Å². The third kappa shape index (κ3) is 4.26. The first-order valence-electron chi connectivity index (χ1n) is 8.49. The first kappa shape index (κ1) is 17.2. The predicted molar refractivity (Wildman–Crippen MR) is 95.2 cm³/mol. The number of carbonyl (C=O) groups excluding carboxylic acids is 1. The van der Waals surface area contributed by atoms with Crippen LogP contribution < -0.4 is 15.8 Å². The normalized spacial score (nSPS) is 17.4. The second kappa shape index (κ2) is 7.51. The number of carbonyl (C=O) groups is 1. The molecule has 1 atom stereocenters. The molecular weight excluding hydrogens is 321 g/mol. The molecule has 1 fully saturated rings. The lowest BCUT2D eigenvalue weighted by Crippen LogP contribution is -2.49. The molecule has 3 rings (SSSR count). The summed E-state index contributed by atoms with van der Waals surface area (Å²) in [6, 6.07) is 9.93. The van der Waals surface area contributed by atoms with Gasteiger partial charge in [-0.3, -0.25) is 9.59 Å². The molecule has 0 spiro atoms. The van der Waals surface area contributed by atoms with Gasteiger partial charge in [-0.25, -0.2) is 4.39 Å².